The summed E-state index contributed by atoms with van der Waals surface area (Å²) >= 11 is 0. The van der Waals surface area contributed by atoms with E-state index in [2.05, 4.69) is 68.1 Å². The number of carbonyl (C=O) groups is 1. The van der Waals surface area contributed by atoms with Gasteiger partial charge in [0.15, 0.2) is 5.65 Å². The van der Waals surface area contributed by atoms with Crippen molar-refractivity contribution in [2.45, 2.75) is 77.9 Å². The first kappa shape index (κ1) is 29.2. The second-order valence-corrected chi connectivity index (χ2v) is 12.3. The maximum absolute atomic E-state index is 12.5. The topological polar surface area (TPSA) is 78.2 Å². The Morgan fingerprint density at radius 1 is 1.07 bits per heavy atom. The molecule has 1 atom stereocenters. The number of anilines is 1. The van der Waals surface area contributed by atoms with Crippen LogP contribution in [0.4, 0.5) is 5.82 Å². The van der Waals surface area contributed by atoms with Crippen LogP contribution in [0.3, 0.4) is 0 Å². The molecule has 7 rings (SSSR count). The van der Waals surface area contributed by atoms with Crippen LogP contribution in [0.2, 0.25) is 0 Å². The predicted octanol–water partition coefficient (Wildman–Crippen LogP) is 6.72. The SMILES string of the molecule is COC(=O)Cc1c(C)nc2cc3nn2c1N1CCC(C)(CC1)OCCCCC(C)Oc1cccc(C)c1-c1cccc-3c1. The highest BCUT2D eigenvalue weighted by Crippen LogP contribution is 2.38. The van der Waals surface area contributed by atoms with Crippen LogP contribution in [-0.4, -0.2) is 59.1 Å². The van der Waals surface area contributed by atoms with Crippen LogP contribution < -0.4 is 9.64 Å². The summed E-state index contributed by atoms with van der Waals surface area (Å²) < 4.78 is 20.0. The summed E-state index contributed by atoms with van der Waals surface area (Å²) in [4.78, 5) is 19.8. The number of hydrogen-bond acceptors (Lipinski definition) is 7. The van der Waals surface area contributed by atoms with Gasteiger partial charge >= 0.3 is 5.97 Å². The number of methoxy groups -OCH3 is 1. The quantitative estimate of drug-likeness (QED) is 0.243. The number of ether oxygens (including phenoxy) is 3. The molecule has 0 N–H and O–H groups in total. The van der Waals surface area contributed by atoms with Gasteiger partial charge in [-0.1, -0.05) is 30.3 Å². The fraction of sp³-hybridized carbons (Fsp3) is 0.457. The van der Waals surface area contributed by atoms with Crippen molar-refractivity contribution >= 4 is 17.4 Å². The summed E-state index contributed by atoms with van der Waals surface area (Å²) in [5, 5.41) is 5.11. The van der Waals surface area contributed by atoms with Gasteiger partial charge in [0.05, 0.1) is 30.9 Å². The molecule has 2 aromatic carbocycles. The van der Waals surface area contributed by atoms with Crippen LogP contribution in [0, 0.1) is 13.8 Å². The number of hydrogen-bond donors (Lipinski definition) is 0. The van der Waals surface area contributed by atoms with E-state index in [0.29, 0.717) is 0 Å². The van der Waals surface area contributed by atoms with Crippen LogP contribution in [0.25, 0.3) is 28.0 Å². The first-order chi connectivity index (χ1) is 20.7. The third-order valence-electron chi connectivity index (χ3n) is 9.01. The zero-order valence-electron chi connectivity index (χ0n) is 26.0. The summed E-state index contributed by atoms with van der Waals surface area (Å²) in [5.41, 5.74) is 7.41. The zero-order chi connectivity index (χ0) is 30.1. The van der Waals surface area contributed by atoms with Crippen molar-refractivity contribution in [3.63, 3.8) is 0 Å². The lowest BCUT2D eigenvalue weighted by Crippen LogP contribution is -2.45. The van der Waals surface area contributed by atoms with Crippen LogP contribution in [0.1, 0.15) is 62.8 Å². The van der Waals surface area contributed by atoms with Crippen molar-refractivity contribution in [2.75, 3.05) is 31.7 Å². The van der Waals surface area contributed by atoms with Crippen LogP contribution in [0.5, 0.6) is 5.75 Å². The van der Waals surface area contributed by atoms with E-state index in [4.69, 9.17) is 24.3 Å². The Morgan fingerprint density at radius 3 is 2.63 bits per heavy atom. The zero-order valence-corrected chi connectivity index (χ0v) is 26.0. The van der Waals surface area contributed by atoms with Gasteiger partial charge in [-0.05, 0) is 83.1 Å². The molecule has 2 aromatic heterocycles. The molecular weight excluding hydrogens is 540 g/mol. The molecule has 4 aromatic rings. The van der Waals surface area contributed by atoms with E-state index in [9.17, 15) is 4.79 Å². The lowest BCUT2D eigenvalue weighted by molar-refractivity contribution is -0.139. The first-order valence-electron chi connectivity index (χ1n) is 15.5. The fourth-order valence-corrected chi connectivity index (χ4v) is 6.43. The minimum absolute atomic E-state index is 0.0958. The summed E-state index contributed by atoms with van der Waals surface area (Å²) in [6.07, 6.45) is 5.03. The Morgan fingerprint density at radius 2 is 1.84 bits per heavy atom. The number of aryl methyl sites for hydroxylation is 2. The van der Waals surface area contributed by atoms with Gasteiger partial charge in [0, 0.05) is 48.1 Å². The van der Waals surface area contributed by atoms with E-state index in [1.807, 2.05) is 17.5 Å². The highest BCUT2D eigenvalue weighted by molar-refractivity contribution is 5.79. The Hall–Kier alpha value is -3.91. The van der Waals surface area contributed by atoms with Gasteiger partial charge < -0.3 is 19.1 Å². The average molecular weight is 583 g/mol. The second-order valence-electron chi connectivity index (χ2n) is 12.3. The third-order valence-corrected chi connectivity index (χ3v) is 9.01. The smallest absolute Gasteiger partial charge is 0.310 e. The fourth-order valence-electron chi connectivity index (χ4n) is 6.43. The van der Waals surface area contributed by atoms with E-state index in [0.717, 1.165) is 108 Å². The van der Waals surface area contributed by atoms with Gasteiger partial charge in [0.2, 0.25) is 0 Å². The molecule has 1 saturated heterocycles. The highest BCUT2D eigenvalue weighted by Gasteiger charge is 2.33. The van der Waals surface area contributed by atoms with Gasteiger partial charge in [-0.3, -0.25) is 4.79 Å². The summed E-state index contributed by atoms with van der Waals surface area (Å²) in [5.74, 6) is 1.52. The molecule has 3 aliphatic rings. The highest BCUT2D eigenvalue weighted by atomic mass is 16.5. The minimum atomic E-state index is -0.289. The minimum Gasteiger partial charge on any atom is -0.490 e. The summed E-state index contributed by atoms with van der Waals surface area (Å²) in [7, 11) is 1.43. The van der Waals surface area contributed by atoms with Gasteiger partial charge in [-0.25, -0.2) is 4.98 Å². The Labute approximate surface area is 254 Å². The van der Waals surface area contributed by atoms with Crippen molar-refractivity contribution in [3.05, 3.63) is 65.4 Å². The number of rotatable bonds is 2. The normalized spacial score (nSPS) is 21.0. The van der Waals surface area contributed by atoms with E-state index in [-0.39, 0.29) is 24.1 Å². The number of piperidine rings is 1. The van der Waals surface area contributed by atoms with Crippen molar-refractivity contribution < 1.29 is 19.0 Å². The van der Waals surface area contributed by atoms with E-state index in [1.54, 1.807) is 0 Å². The van der Waals surface area contributed by atoms with Gasteiger partial charge in [-0.2, -0.15) is 9.61 Å². The average Bonchev–Trinajstić information content (AvgIpc) is 3.41. The Kier molecular flexibility index (Phi) is 8.14. The van der Waals surface area contributed by atoms with E-state index < -0.39 is 0 Å². The molecule has 1 unspecified atom stereocenters. The van der Waals surface area contributed by atoms with Crippen molar-refractivity contribution in [1.29, 1.82) is 0 Å². The molecule has 0 amide bonds. The molecule has 8 heteroatoms. The second kappa shape index (κ2) is 12.0. The predicted molar refractivity (Wildman–Crippen MR) is 169 cm³/mol. The van der Waals surface area contributed by atoms with Gasteiger partial charge in [0.1, 0.15) is 11.6 Å². The Balaban J connectivity index is 1.50. The lowest BCUT2D eigenvalue weighted by Gasteiger charge is -2.41. The molecule has 0 spiro atoms. The van der Waals surface area contributed by atoms with E-state index >= 15 is 0 Å². The molecule has 0 radical (unpaired) electrons. The number of benzene rings is 2. The largest absolute Gasteiger partial charge is 0.490 e. The molecule has 226 valence electrons. The number of aromatic nitrogens is 3. The van der Waals surface area contributed by atoms with Crippen LogP contribution in [-0.2, 0) is 20.7 Å². The number of fused-ring (bicyclic) bond motifs is 8. The number of carbonyl (C=O) groups excluding carboxylic acids is 1. The monoisotopic (exact) mass is 582 g/mol. The van der Waals surface area contributed by atoms with Crippen molar-refractivity contribution in [3.8, 4) is 28.1 Å². The number of esters is 1. The molecule has 0 aliphatic carbocycles. The van der Waals surface area contributed by atoms with Gasteiger partial charge in [-0.15, -0.1) is 0 Å². The summed E-state index contributed by atoms with van der Waals surface area (Å²) in [6.45, 7) is 10.8. The molecule has 5 heterocycles. The summed E-state index contributed by atoms with van der Waals surface area (Å²) in [6, 6.07) is 16.8. The van der Waals surface area contributed by atoms with Crippen molar-refractivity contribution in [1.82, 2.24) is 14.6 Å². The molecule has 3 aliphatic heterocycles. The molecule has 8 nitrogen and oxygen atoms in total. The Bertz CT molecular complexity index is 1640. The molecule has 0 saturated carbocycles. The van der Waals surface area contributed by atoms with Crippen molar-refractivity contribution in [2.24, 2.45) is 0 Å². The lowest BCUT2D eigenvalue weighted by atomic mass is 9.92. The van der Waals surface area contributed by atoms with Crippen LogP contribution in [0.15, 0.2) is 48.5 Å². The maximum atomic E-state index is 12.5. The first-order valence-corrected chi connectivity index (χ1v) is 15.5. The number of nitrogens with zero attached hydrogens (tertiary/aromatic N) is 4. The van der Waals surface area contributed by atoms with Gasteiger partial charge in [0.25, 0.3) is 0 Å². The molecule has 1 fully saturated rings. The molecule has 43 heavy (non-hydrogen) atoms. The molecular formula is C35H42N4O4. The maximum Gasteiger partial charge on any atom is 0.310 e. The molecule has 6 bridgehead atoms. The standard InChI is InChI=1S/C35H42N4O4/c1-23-10-8-14-30-33(23)27-13-9-12-26(20-27)29-22-31-36-25(3)28(21-32(40)41-5)34(39(31)37-29)38-17-15-35(4,16-18-38)42-19-7-6-11-24(2)43-30/h8-10,12-14,20,22,24H,6-7,11,15-19,21H2,1-5H3. The van der Waals surface area contributed by atoms with E-state index in [1.165, 1.54) is 7.11 Å². The third kappa shape index (κ3) is 5.98. The van der Waals surface area contributed by atoms with Crippen LogP contribution >= 0.6 is 0 Å².